The molecule has 0 aliphatic carbocycles. The van der Waals surface area contributed by atoms with Crippen molar-refractivity contribution in [3.8, 4) is 0 Å². The van der Waals surface area contributed by atoms with Crippen molar-refractivity contribution >= 4 is 5.91 Å². The van der Waals surface area contributed by atoms with Gasteiger partial charge in [0.25, 0.3) is 0 Å². The number of rotatable bonds is 72. The molecule has 112 heavy (non-hydrogen) atoms. The van der Waals surface area contributed by atoms with Crippen LogP contribution in [0.15, 0.2) is 109 Å². The maximum absolute atomic E-state index is 13.5. The van der Waals surface area contributed by atoms with Crippen molar-refractivity contribution in [1.29, 1.82) is 0 Å². The van der Waals surface area contributed by atoms with Gasteiger partial charge in [-0.3, -0.25) is 4.79 Å². The van der Waals surface area contributed by atoms with Crippen molar-refractivity contribution in [3.05, 3.63) is 109 Å². The fourth-order valence-corrected chi connectivity index (χ4v) is 14.7. The zero-order valence-electron chi connectivity index (χ0n) is 69.9. The lowest BCUT2D eigenvalue weighted by atomic mass is 9.96. The molecule has 0 aromatic heterocycles. The van der Waals surface area contributed by atoms with Gasteiger partial charge in [0.1, 0.15) is 73.2 Å². The van der Waals surface area contributed by atoms with Gasteiger partial charge < -0.3 is 89.9 Å². The number of hydrogen-bond donors (Lipinski definition) is 12. The minimum Gasteiger partial charge on any atom is -0.394 e. The average Bonchev–Trinajstić information content (AvgIpc) is 0.780. The van der Waals surface area contributed by atoms with E-state index in [1.807, 2.05) is 6.08 Å². The molecular formula is C93H163NO18. The predicted molar refractivity (Wildman–Crippen MR) is 452 cm³/mol. The van der Waals surface area contributed by atoms with Crippen molar-refractivity contribution < 1.29 is 89.4 Å². The van der Waals surface area contributed by atoms with Crippen LogP contribution in [0.25, 0.3) is 0 Å². The van der Waals surface area contributed by atoms with Gasteiger partial charge in [0.15, 0.2) is 18.9 Å². The Labute approximate surface area is 678 Å². The molecule has 3 aliphatic heterocycles. The number of unbranched alkanes of at least 4 members (excludes halogenated alkanes) is 40. The van der Waals surface area contributed by atoms with E-state index in [1.165, 1.54) is 225 Å². The molecule has 3 fully saturated rings. The smallest absolute Gasteiger partial charge is 0.220 e. The first kappa shape index (κ1) is 103. The minimum absolute atomic E-state index is 0.232. The van der Waals surface area contributed by atoms with Crippen molar-refractivity contribution in [2.24, 2.45) is 0 Å². The van der Waals surface area contributed by atoms with Gasteiger partial charge in [0.2, 0.25) is 5.91 Å². The molecule has 0 spiro atoms. The lowest BCUT2D eigenvalue weighted by Crippen LogP contribution is -2.66. The van der Waals surface area contributed by atoms with Crippen molar-refractivity contribution in [3.63, 3.8) is 0 Å². The molecule has 17 atom stereocenters. The highest BCUT2D eigenvalue weighted by Gasteiger charge is 2.54. The molecule has 648 valence electrons. The third kappa shape index (κ3) is 49.6. The average molecular weight is 1580 g/mol. The summed E-state index contributed by atoms with van der Waals surface area (Å²) in [5.41, 5.74) is 0. The van der Waals surface area contributed by atoms with E-state index >= 15 is 0 Å². The Hall–Kier alpha value is -3.55. The second kappa shape index (κ2) is 71.5. The molecule has 3 aliphatic rings. The Bertz CT molecular complexity index is 2450. The van der Waals surface area contributed by atoms with E-state index in [9.17, 15) is 61.0 Å². The summed E-state index contributed by atoms with van der Waals surface area (Å²) in [4.78, 5) is 13.5. The Morgan fingerprint density at radius 2 is 0.625 bits per heavy atom. The van der Waals surface area contributed by atoms with Crippen LogP contribution in [0.1, 0.15) is 341 Å². The summed E-state index contributed by atoms with van der Waals surface area (Å²) in [6.07, 6.45) is 73.8. The molecule has 1 amide bonds. The fourth-order valence-electron chi connectivity index (χ4n) is 14.7. The number of hydrogen-bond acceptors (Lipinski definition) is 18. The summed E-state index contributed by atoms with van der Waals surface area (Å²) < 4.78 is 34.5. The highest BCUT2D eigenvalue weighted by molar-refractivity contribution is 5.76. The minimum atomic E-state index is -1.99. The topological polar surface area (TPSA) is 307 Å². The fraction of sp³-hybridized carbons (Fsp3) is 0.796. The van der Waals surface area contributed by atoms with Gasteiger partial charge in [-0.2, -0.15) is 0 Å². The molecule has 19 heteroatoms. The van der Waals surface area contributed by atoms with Gasteiger partial charge in [0.05, 0.1) is 38.6 Å². The largest absolute Gasteiger partial charge is 0.394 e. The van der Waals surface area contributed by atoms with Gasteiger partial charge in [-0.25, -0.2) is 0 Å². The predicted octanol–water partition coefficient (Wildman–Crippen LogP) is 17.2. The molecule has 3 heterocycles. The molecule has 3 saturated heterocycles. The highest BCUT2D eigenvalue weighted by Crippen LogP contribution is 2.33. The summed E-state index contributed by atoms with van der Waals surface area (Å²) in [6.45, 7) is 1.64. The summed E-state index contributed by atoms with van der Waals surface area (Å²) in [5, 5.41) is 121. The van der Waals surface area contributed by atoms with Crippen LogP contribution in [0.5, 0.6) is 0 Å². The Morgan fingerprint density at radius 1 is 0.330 bits per heavy atom. The molecule has 12 N–H and O–H groups in total. The molecule has 3 rings (SSSR count). The second-order valence-electron chi connectivity index (χ2n) is 31.7. The van der Waals surface area contributed by atoms with E-state index in [0.717, 1.165) is 83.5 Å². The highest BCUT2D eigenvalue weighted by atomic mass is 16.8. The molecule has 0 saturated carbocycles. The van der Waals surface area contributed by atoms with E-state index in [1.54, 1.807) is 6.08 Å². The molecule has 0 aromatic carbocycles. The summed E-state index contributed by atoms with van der Waals surface area (Å²) in [5.74, 6) is -0.284. The molecule has 0 aromatic rings. The SMILES string of the molecule is CC/C=C\C/C=C\C/C=C\C/C=C\C/C=C\C/C=C\C/C=C\CCCCCCCCCCCCCCCCCCCC(=O)NC(COC1OC(CO)C(OC2OC(CO)C(OC3OC(CO)C(O)C(O)C3O)C(O)C2O)C(O)C1O)C(O)/C=C/CC/C=C/CCCCCCCCCCCCCCCCCCCCCCCC. The maximum Gasteiger partial charge on any atom is 0.220 e. The number of aliphatic hydroxyl groups excluding tert-OH is 11. The van der Waals surface area contributed by atoms with Crippen LogP contribution in [-0.4, -0.2) is 193 Å². The van der Waals surface area contributed by atoms with Gasteiger partial charge in [-0.15, -0.1) is 0 Å². The van der Waals surface area contributed by atoms with Gasteiger partial charge in [-0.1, -0.05) is 354 Å². The standard InChI is InChI=1S/C93H163NO18/c1-3-5-7-9-11-13-15-17-19-21-23-25-27-29-31-33-34-35-36-37-38-39-40-41-42-43-45-47-49-51-53-55-57-59-61-63-65-67-69-71-81(99)94-76(77(98)70-68-66-64-62-60-58-56-54-52-50-48-46-44-32-30-28-26-24-22-20-18-16-14-12-10-8-6-4-2)75-107-91-87(105)84(102)89(79(73-96)109-91)112-93-88(106)85(103)90(80(74-97)110-93)111-92-86(104)83(101)82(100)78(72-95)108-92/h5,7,11,13,17,19,23,25,29,31,34-35,37-38,60,62,68,70,76-80,82-93,95-98,100-106H,3-4,6,8-10,12,14-16,18,20-22,24,26-28,30,32-33,36,39-59,61,63-67,69,71-75H2,1-2H3,(H,94,99)/b7-5-,13-11-,19-17-,25-23-,31-29-,35-34-,38-37-,62-60+,70-68+. The van der Waals surface area contributed by atoms with Crippen LogP contribution in [0, 0.1) is 0 Å². The lowest BCUT2D eigenvalue weighted by Gasteiger charge is -2.48. The van der Waals surface area contributed by atoms with E-state index in [2.05, 4.69) is 116 Å². The summed E-state index contributed by atoms with van der Waals surface area (Å²) in [6, 6.07) is -0.997. The number of ether oxygens (including phenoxy) is 6. The number of allylic oxidation sites excluding steroid dienone is 17. The monoisotopic (exact) mass is 1580 g/mol. The second-order valence-corrected chi connectivity index (χ2v) is 31.7. The quantitative estimate of drug-likeness (QED) is 0.0199. The van der Waals surface area contributed by atoms with Crippen molar-refractivity contribution in [2.75, 3.05) is 26.4 Å². The van der Waals surface area contributed by atoms with Gasteiger partial charge in [0, 0.05) is 6.42 Å². The molecular weight excluding hydrogens is 1420 g/mol. The summed E-state index contributed by atoms with van der Waals surface area (Å²) in [7, 11) is 0. The molecule has 0 radical (unpaired) electrons. The zero-order chi connectivity index (χ0) is 81.0. The van der Waals surface area contributed by atoms with Crippen LogP contribution >= 0.6 is 0 Å². The number of carbonyl (C=O) groups excluding carboxylic acids is 1. The van der Waals surface area contributed by atoms with Crippen molar-refractivity contribution in [2.45, 2.75) is 446 Å². The normalized spacial score (nSPS) is 25.5. The van der Waals surface area contributed by atoms with Gasteiger partial charge in [-0.05, 0) is 89.9 Å². The Morgan fingerprint density at radius 3 is 1.00 bits per heavy atom. The molecule has 0 bridgehead atoms. The lowest BCUT2D eigenvalue weighted by molar-refractivity contribution is -0.379. The first-order chi connectivity index (χ1) is 54.8. The Balaban J connectivity index is 1.33. The summed E-state index contributed by atoms with van der Waals surface area (Å²) >= 11 is 0. The number of aliphatic hydroxyl groups is 11. The van der Waals surface area contributed by atoms with Gasteiger partial charge >= 0.3 is 0 Å². The van der Waals surface area contributed by atoms with E-state index in [4.69, 9.17) is 28.4 Å². The van der Waals surface area contributed by atoms with Crippen LogP contribution in [0.3, 0.4) is 0 Å². The number of nitrogens with one attached hydrogen (secondary N) is 1. The van der Waals surface area contributed by atoms with Crippen LogP contribution in [0.2, 0.25) is 0 Å². The Kier molecular flexibility index (Phi) is 65.6. The number of amides is 1. The van der Waals surface area contributed by atoms with Crippen LogP contribution < -0.4 is 5.32 Å². The van der Waals surface area contributed by atoms with E-state index in [-0.39, 0.29) is 18.9 Å². The zero-order valence-corrected chi connectivity index (χ0v) is 69.9. The molecule has 19 nitrogen and oxygen atoms in total. The van der Waals surface area contributed by atoms with Crippen LogP contribution in [0.4, 0.5) is 0 Å². The van der Waals surface area contributed by atoms with Crippen molar-refractivity contribution in [1.82, 2.24) is 5.32 Å². The van der Waals surface area contributed by atoms with E-state index in [0.29, 0.717) is 12.8 Å². The number of carbonyl (C=O) groups is 1. The first-order valence-corrected chi connectivity index (χ1v) is 45.1. The maximum atomic E-state index is 13.5. The first-order valence-electron chi connectivity index (χ1n) is 45.1. The van der Waals surface area contributed by atoms with Crippen LogP contribution in [-0.2, 0) is 33.2 Å². The van der Waals surface area contributed by atoms with E-state index < -0.39 is 124 Å². The third-order valence-electron chi connectivity index (χ3n) is 21.8. The third-order valence-corrected chi connectivity index (χ3v) is 21.8. The molecule has 17 unspecified atom stereocenters.